The Balaban J connectivity index is 1.63. The molecule has 0 amide bonds. The molecular weight excluding hydrogens is 458 g/mol. The quantitative estimate of drug-likeness (QED) is 0.217. The zero-order chi connectivity index (χ0) is 25.2. The summed E-state index contributed by atoms with van der Waals surface area (Å²) in [7, 11) is -1.74. The highest BCUT2D eigenvalue weighted by Gasteiger charge is 2.36. The Morgan fingerprint density at radius 3 is 2.69 bits per heavy atom. The molecule has 0 unspecified atom stereocenters. The van der Waals surface area contributed by atoms with E-state index in [1.165, 1.54) is 0 Å². The Kier molecular flexibility index (Phi) is 7.16. The number of aryl methyl sites for hydroxylation is 1. The summed E-state index contributed by atoms with van der Waals surface area (Å²) < 4.78 is 10.1. The van der Waals surface area contributed by atoms with Crippen LogP contribution in [0.2, 0.25) is 18.1 Å². The van der Waals surface area contributed by atoms with E-state index in [1.807, 2.05) is 18.6 Å². The van der Waals surface area contributed by atoms with Gasteiger partial charge >= 0.3 is 0 Å². The van der Waals surface area contributed by atoms with Crippen LogP contribution in [0.1, 0.15) is 32.8 Å². The molecule has 0 aliphatic rings. The SMILES string of the molecule is Cc1cc(NCCCO[Si](C)(C)C(C)(C)C)c2c(-c3cn[nH]c3)cn(-c3cn(CCO)nn3)c2c1. The summed E-state index contributed by atoms with van der Waals surface area (Å²) in [5, 5.41) is 29.8. The van der Waals surface area contributed by atoms with Crippen molar-refractivity contribution in [3.05, 3.63) is 42.5 Å². The highest BCUT2D eigenvalue weighted by molar-refractivity contribution is 6.74. The minimum Gasteiger partial charge on any atom is -0.417 e. The number of hydrogen-bond acceptors (Lipinski definition) is 6. The Hall–Kier alpha value is -2.95. The molecular formula is C25H37N7O2Si. The first-order chi connectivity index (χ1) is 16.6. The molecule has 0 atom stereocenters. The van der Waals surface area contributed by atoms with Gasteiger partial charge in [-0.15, -0.1) is 5.10 Å². The minimum absolute atomic E-state index is 0.0157. The number of fused-ring (bicyclic) bond motifs is 1. The van der Waals surface area contributed by atoms with Gasteiger partial charge in [0.1, 0.15) is 0 Å². The molecule has 0 fully saturated rings. The number of aromatic amines is 1. The zero-order valence-electron chi connectivity index (χ0n) is 21.6. The average Bonchev–Trinajstić information content (AvgIpc) is 3.52. The van der Waals surface area contributed by atoms with Crippen molar-refractivity contribution in [2.75, 3.05) is 25.1 Å². The highest BCUT2D eigenvalue weighted by Crippen LogP contribution is 2.38. The molecule has 35 heavy (non-hydrogen) atoms. The van der Waals surface area contributed by atoms with Crippen molar-refractivity contribution in [1.29, 1.82) is 0 Å². The lowest BCUT2D eigenvalue weighted by molar-refractivity contribution is 0.268. The zero-order valence-corrected chi connectivity index (χ0v) is 22.6. The molecule has 188 valence electrons. The molecule has 4 rings (SSSR count). The summed E-state index contributed by atoms with van der Waals surface area (Å²) in [6.45, 7) is 15.5. The number of benzene rings is 1. The molecule has 0 aliphatic heterocycles. The molecule has 0 spiro atoms. The van der Waals surface area contributed by atoms with Crippen molar-refractivity contribution in [2.45, 2.75) is 58.8 Å². The molecule has 0 saturated carbocycles. The van der Waals surface area contributed by atoms with Crippen molar-refractivity contribution in [3.63, 3.8) is 0 Å². The first kappa shape index (κ1) is 25.1. The number of hydrogen-bond donors (Lipinski definition) is 3. The van der Waals surface area contributed by atoms with Gasteiger partial charge in [-0.1, -0.05) is 26.0 Å². The molecule has 0 bridgehead atoms. The number of anilines is 1. The van der Waals surface area contributed by atoms with Crippen LogP contribution in [-0.4, -0.2) is 62.9 Å². The number of aromatic nitrogens is 6. The first-order valence-electron chi connectivity index (χ1n) is 12.1. The van der Waals surface area contributed by atoms with Crippen LogP contribution >= 0.6 is 0 Å². The van der Waals surface area contributed by atoms with Crippen LogP contribution in [0.4, 0.5) is 5.69 Å². The second kappa shape index (κ2) is 9.96. The van der Waals surface area contributed by atoms with Gasteiger partial charge in [-0.3, -0.25) is 9.67 Å². The summed E-state index contributed by atoms with van der Waals surface area (Å²) in [5.41, 5.74) is 5.33. The number of nitrogens with zero attached hydrogens (tertiary/aromatic N) is 5. The van der Waals surface area contributed by atoms with E-state index in [9.17, 15) is 5.11 Å². The number of H-pyrrole nitrogens is 1. The molecule has 1 aromatic carbocycles. The van der Waals surface area contributed by atoms with Crippen molar-refractivity contribution < 1.29 is 9.53 Å². The fourth-order valence-corrected chi connectivity index (χ4v) is 4.99. The van der Waals surface area contributed by atoms with E-state index in [-0.39, 0.29) is 11.6 Å². The molecule has 0 radical (unpaired) electrons. The Morgan fingerprint density at radius 1 is 1.20 bits per heavy atom. The van der Waals surface area contributed by atoms with Gasteiger partial charge in [0.15, 0.2) is 14.1 Å². The number of aliphatic hydroxyl groups is 1. The maximum absolute atomic E-state index is 9.26. The van der Waals surface area contributed by atoms with Crippen molar-refractivity contribution in [1.82, 2.24) is 29.8 Å². The van der Waals surface area contributed by atoms with Crippen LogP contribution in [0.5, 0.6) is 0 Å². The second-order valence-electron chi connectivity index (χ2n) is 10.6. The topological polar surface area (TPSA) is 106 Å². The van der Waals surface area contributed by atoms with Crippen LogP contribution in [0.15, 0.2) is 36.9 Å². The van der Waals surface area contributed by atoms with Gasteiger partial charge < -0.3 is 14.8 Å². The molecule has 3 heterocycles. The maximum atomic E-state index is 9.26. The standard InChI is InChI=1S/C25H37N7O2Si/c1-18-12-21(26-8-7-11-34-35(5,6)25(2,3)4)24-20(19-14-27-28-15-19)16-32(22(24)13-18)23-17-31(9-10-33)30-29-23/h12-17,26,33H,7-11H2,1-6H3,(H,27,28). The minimum atomic E-state index is -1.74. The number of aliphatic hydroxyl groups excluding tert-OH is 1. The van der Waals surface area contributed by atoms with Crippen LogP contribution < -0.4 is 5.32 Å². The van der Waals surface area contributed by atoms with Crippen LogP contribution in [0.25, 0.3) is 27.8 Å². The second-order valence-corrected chi connectivity index (χ2v) is 15.4. The largest absolute Gasteiger partial charge is 0.417 e. The lowest BCUT2D eigenvalue weighted by Gasteiger charge is -2.36. The molecule has 10 heteroatoms. The van der Waals surface area contributed by atoms with E-state index in [0.29, 0.717) is 12.4 Å². The Labute approximate surface area is 207 Å². The van der Waals surface area contributed by atoms with Crippen molar-refractivity contribution in [2.24, 2.45) is 0 Å². The Morgan fingerprint density at radius 2 is 2.00 bits per heavy atom. The monoisotopic (exact) mass is 495 g/mol. The predicted octanol–water partition coefficient (Wildman–Crippen LogP) is 4.74. The van der Waals surface area contributed by atoms with Gasteiger partial charge in [0.2, 0.25) is 0 Å². The molecule has 0 saturated heterocycles. The van der Waals surface area contributed by atoms with E-state index in [0.717, 1.165) is 52.9 Å². The third-order valence-electron chi connectivity index (χ3n) is 6.87. The fraction of sp³-hybridized carbons (Fsp3) is 0.480. The summed E-state index contributed by atoms with van der Waals surface area (Å²) in [6, 6.07) is 4.35. The lowest BCUT2D eigenvalue weighted by Crippen LogP contribution is -2.41. The maximum Gasteiger partial charge on any atom is 0.191 e. The summed E-state index contributed by atoms with van der Waals surface area (Å²) in [6.07, 6.45) is 8.59. The average molecular weight is 496 g/mol. The lowest BCUT2D eigenvalue weighted by atomic mass is 10.0. The van der Waals surface area contributed by atoms with Crippen molar-refractivity contribution >= 4 is 24.9 Å². The van der Waals surface area contributed by atoms with Gasteiger partial charge in [0.25, 0.3) is 0 Å². The van der Waals surface area contributed by atoms with Gasteiger partial charge in [0, 0.05) is 47.7 Å². The smallest absolute Gasteiger partial charge is 0.191 e. The summed E-state index contributed by atoms with van der Waals surface area (Å²) >= 11 is 0. The molecule has 0 aliphatic carbocycles. The van der Waals surface area contributed by atoms with E-state index in [1.54, 1.807) is 4.68 Å². The van der Waals surface area contributed by atoms with Gasteiger partial charge in [-0.2, -0.15) is 5.10 Å². The van der Waals surface area contributed by atoms with E-state index in [4.69, 9.17) is 4.43 Å². The first-order valence-corrected chi connectivity index (χ1v) is 15.1. The van der Waals surface area contributed by atoms with Gasteiger partial charge in [-0.05, 0) is 49.2 Å². The normalized spacial score (nSPS) is 12.5. The summed E-state index contributed by atoms with van der Waals surface area (Å²) in [5.74, 6) is 0.706. The van der Waals surface area contributed by atoms with E-state index >= 15 is 0 Å². The van der Waals surface area contributed by atoms with Gasteiger partial charge in [0.05, 0.1) is 31.1 Å². The van der Waals surface area contributed by atoms with Crippen LogP contribution in [-0.2, 0) is 11.0 Å². The third-order valence-corrected chi connectivity index (χ3v) is 11.4. The highest BCUT2D eigenvalue weighted by atomic mass is 28.4. The summed E-state index contributed by atoms with van der Waals surface area (Å²) in [4.78, 5) is 0. The number of nitrogens with one attached hydrogen (secondary N) is 2. The molecule has 3 aromatic heterocycles. The number of rotatable bonds is 10. The molecule has 9 nitrogen and oxygen atoms in total. The predicted molar refractivity (Wildman–Crippen MR) is 143 cm³/mol. The van der Waals surface area contributed by atoms with Crippen LogP contribution in [0.3, 0.4) is 0 Å². The van der Waals surface area contributed by atoms with E-state index in [2.05, 4.69) is 89.5 Å². The van der Waals surface area contributed by atoms with E-state index < -0.39 is 8.32 Å². The molecule has 3 N–H and O–H groups in total. The van der Waals surface area contributed by atoms with Crippen LogP contribution in [0, 0.1) is 6.92 Å². The fourth-order valence-electron chi connectivity index (χ4n) is 3.90. The third kappa shape index (κ3) is 5.34. The Bertz CT molecular complexity index is 1270. The molecule has 4 aromatic rings. The van der Waals surface area contributed by atoms with Gasteiger partial charge in [-0.25, -0.2) is 4.68 Å². The van der Waals surface area contributed by atoms with Crippen molar-refractivity contribution in [3.8, 4) is 16.9 Å².